The van der Waals surface area contributed by atoms with E-state index in [0.29, 0.717) is 13.1 Å². The van der Waals surface area contributed by atoms with Crippen molar-refractivity contribution in [1.29, 1.82) is 0 Å². The van der Waals surface area contributed by atoms with Crippen LogP contribution in [0.2, 0.25) is 0 Å². The Morgan fingerprint density at radius 3 is 2.57 bits per heavy atom. The smallest absolute Gasteiger partial charge is 0.123 e. The van der Waals surface area contributed by atoms with Gasteiger partial charge in [-0.05, 0) is 36.6 Å². The van der Waals surface area contributed by atoms with Gasteiger partial charge in [0.1, 0.15) is 5.75 Å². The molecule has 0 amide bonds. The molecule has 0 aliphatic heterocycles. The summed E-state index contributed by atoms with van der Waals surface area (Å²) in [6.07, 6.45) is -0.501. The Bertz CT molecular complexity index is 596. The van der Waals surface area contributed by atoms with Crippen molar-refractivity contribution in [1.82, 2.24) is 5.32 Å². The van der Waals surface area contributed by atoms with E-state index in [1.807, 2.05) is 42.5 Å². The standard InChI is InChI=1S/C18H23NO2/c1-13-8-9-15(10-14(13)2)17(20)12-19-11-16-6-4-5-7-18(16)21-3/h4-10,17,19-20H,11-12H2,1-3H3. The highest BCUT2D eigenvalue weighted by Gasteiger charge is 2.09. The van der Waals surface area contributed by atoms with Gasteiger partial charge in [-0.15, -0.1) is 0 Å². The Balaban J connectivity index is 1.92. The molecule has 0 aromatic heterocycles. The molecule has 2 rings (SSSR count). The molecule has 3 heteroatoms. The van der Waals surface area contributed by atoms with Crippen molar-refractivity contribution >= 4 is 0 Å². The number of aryl methyl sites for hydroxylation is 2. The number of methoxy groups -OCH3 is 1. The van der Waals surface area contributed by atoms with E-state index in [2.05, 4.69) is 19.2 Å². The lowest BCUT2D eigenvalue weighted by Crippen LogP contribution is -2.21. The van der Waals surface area contributed by atoms with Crippen LogP contribution in [0.4, 0.5) is 0 Å². The summed E-state index contributed by atoms with van der Waals surface area (Å²) in [5, 5.41) is 13.5. The van der Waals surface area contributed by atoms with Crippen LogP contribution < -0.4 is 10.1 Å². The van der Waals surface area contributed by atoms with E-state index in [0.717, 1.165) is 16.9 Å². The lowest BCUT2D eigenvalue weighted by atomic mass is 10.0. The van der Waals surface area contributed by atoms with Crippen LogP contribution in [0.15, 0.2) is 42.5 Å². The van der Waals surface area contributed by atoms with Gasteiger partial charge in [0, 0.05) is 18.7 Å². The van der Waals surface area contributed by atoms with Crippen molar-refractivity contribution in [3.63, 3.8) is 0 Å². The Morgan fingerprint density at radius 1 is 1.10 bits per heavy atom. The first-order chi connectivity index (χ1) is 10.1. The van der Waals surface area contributed by atoms with Gasteiger partial charge in [-0.3, -0.25) is 0 Å². The lowest BCUT2D eigenvalue weighted by Gasteiger charge is -2.15. The van der Waals surface area contributed by atoms with Crippen LogP contribution in [0.25, 0.3) is 0 Å². The van der Waals surface area contributed by atoms with Crippen molar-refractivity contribution in [2.45, 2.75) is 26.5 Å². The number of aliphatic hydroxyl groups is 1. The first-order valence-corrected chi connectivity index (χ1v) is 7.19. The predicted molar refractivity (Wildman–Crippen MR) is 85.6 cm³/mol. The van der Waals surface area contributed by atoms with E-state index in [-0.39, 0.29) is 0 Å². The van der Waals surface area contributed by atoms with Crippen LogP contribution in [-0.2, 0) is 6.54 Å². The van der Waals surface area contributed by atoms with E-state index in [9.17, 15) is 5.11 Å². The van der Waals surface area contributed by atoms with E-state index in [4.69, 9.17) is 4.74 Å². The highest BCUT2D eigenvalue weighted by atomic mass is 16.5. The van der Waals surface area contributed by atoms with Crippen LogP contribution >= 0.6 is 0 Å². The maximum absolute atomic E-state index is 10.2. The summed E-state index contributed by atoms with van der Waals surface area (Å²) in [4.78, 5) is 0. The Morgan fingerprint density at radius 2 is 1.86 bits per heavy atom. The maximum Gasteiger partial charge on any atom is 0.123 e. The molecular formula is C18H23NO2. The summed E-state index contributed by atoms with van der Waals surface area (Å²) >= 11 is 0. The second-order valence-corrected chi connectivity index (χ2v) is 5.30. The summed E-state index contributed by atoms with van der Waals surface area (Å²) < 4.78 is 5.31. The molecule has 0 heterocycles. The Labute approximate surface area is 126 Å². The minimum atomic E-state index is -0.501. The normalized spacial score (nSPS) is 12.2. The van der Waals surface area contributed by atoms with Gasteiger partial charge in [0.2, 0.25) is 0 Å². The largest absolute Gasteiger partial charge is 0.496 e. The van der Waals surface area contributed by atoms with Crippen LogP contribution in [0.1, 0.15) is 28.4 Å². The van der Waals surface area contributed by atoms with Gasteiger partial charge < -0.3 is 15.2 Å². The van der Waals surface area contributed by atoms with Crippen molar-refractivity contribution < 1.29 is 9.84 Å². The Kier molecular flexibility index (Phi) is 5.37. The highest BCUT2D eigenvalue weighted by molar-refractivity contribution is 5.33. The van der Waals surface area contributed by atoms with Crippen LogP contribution in [0.3, 0.4) is 0 Å². The van der Waals surface area contributed by atoms with E-state index < -0.39 is 6.10 Å². The first-order valence-electron chi connectivity index (χ1n) is 7.19. The van der Waals surface area contributed by atoms with Crippen molar-refractivity contribution in [2.24, 2.45) is 0 Å². The highest BCUT2D eigenvalue weighted by Crippen LogP contribution is 2.18. The minimum Gasteiger partial charge on any atom is -0.496 e. The number of para-hydroxylation sites is 1. The number of hydrogen-bond donors (Lipinski definition) is 2. The van der Waals surface area contributed by atoms with Crippen molar-refractivity contribution in [2.75, 3.05) is 13.7 Å². The fraction of sp³-hybridized carbons (Fsp3) is 0.333. The quantitative estimate of drug-likeness (QED) is 0.857. The molecule has 1 atom stereocenters. The molecule has 0 bridgehead atoms. The number of rotatable bonds is 6. The lowest BCUT2D eigenvalue weighted by molar-refractivity contribution is 0.174. The zero-order valence-corrected chi connectivity index (χ0v) is 12.9. The Hall–Kier alpha value is -1.84. The molecule has 0 aliphatic carbocycles. The molecule has 21 heavy (non-hydrogen) atoms. The number of benzene rings is 2. The van der Waals surface area contributed by atoms with Gasteiger partial charge in [0.25, 0.3) is 0 Å². The third kappa shape index (κ3) is 4.06. The molecule has 3 nitrogen and oxygen atoms in total. The van der Waals surface area contributed by atoms with E-state index in [1.54, 1.807) is 7.11 Å². The van der Waals surface area contributed by atoms with Gasteiger partial charge in [-0.2, -0.15) is 0 Å². The number of hydrogen-bond acceptors (Lipinski definition) is 3. The monoisotopic (exact) mass is 285 g/mol. The van der Waals surface area contributed by atoms with Gasteiger partial charge >= 0.3 is 0 Å². The number of aliphatic hydroxyl groups excluding tert-OH is 1. The molecule has 0 spiro atoms. The van der Waals surface area contributed by atoms with Crippen molar-refractivity contribution in [3.8, 4) is 5.75 Å². The molecular weight excluding hydrogens is 262 g/mol. The molecule has 112 valence electrons. The van der Waals surface area contributed by atoms with Crippen molar-refractivity contribution in [3.05, 3.63) is 64.7 Å². The zero-order valence-electron chi connectivity index (χ0n) is 12.9. The predicted octanol–water partition coefficient (Wildman–Crippen LogP) is 3.14. The molecule has 2 aromatic rings. The summed E-state index contributed by atoms with van der Waals surface area (Å²) in [7, 11) is 1.67. The fourth-order valence-corrected chi connectivity index (χ4v) is 2.28. The topological polar surface area (TPSA) is 41.5 Å². The zero-order chi connectivity index (χ0) is 15.2. The molecule has 0 saturated heterocycles. The van der Waals surface area contributed by atoms with Gasteiger partial charge in [-0.1, -0.05) is 36.4 Å². The van der Waals surface area contributed by atoms with Gasteiger partial charge in [-0.25, -0.2) is 0 Å². The maximum atomic E-state index is 10.2. The van der Waals surface area contributed by atoms with E-state index >= 15 is 0 Å². The van der Waals surface area contributed by atoms with Crippen LogP contribution in [-0.4, -0.2) is 18.8 Å². The minimum absolute atomic E-state index is 0.501. The van der Waals surface area contributed by atoms with Gasteiger partial charge in [0.05, 0.1) is 13.2 Å². The van der Waals surface area contributed by atoms with Crippen LogP contribution in [0.5, 0.6) is 5.75 Å². The molecule has 0 fully saturated rings. The van der Waals surface area contributed by atoms with Gasteiger partial charge in [0.15, 0.2) is 0 Å². The van der Waals surface area contributed by atoms with Crippen LogP contribution in [0, 0.1) is 13.8 Å². The summed E-state index contributed by atoms with van der Waals surface area (Å²) in [6.45, 7) is 5.33. The second kappa shape index (κ2) is 7.25. The first kappa shape index (κ1) is 15.5. The summed E-state index contributed by atoms with van der Waals surface area (Å²) in [5.74, 6) is 0.866. The molecule has 2 N–H and O–H groups in total. The molecule has 2 aromatic carbocycles. The average molecular weight is 285 g/mol. The summed E-state index contributed by atoms with van der Waals surface area (Å²) in [6, 6.07) is 14.0. The molecule has 0 saturated carbocycles. The number of nitrogens with one attached hydrogen (secondary N) is 1. The third-order valence-electron chi connectivity index (χ3n) is 3.76. The summed E-state index contributed by atoms with van der Waals surface area (Å²) in [5.41, 5.74) is 4.49. The molecule has 0 aliphatic rings. The molecule has 1 unspecified atom stereocenters. The average Bonchev–Trinajstić information content (AvgIpc) is 2.50. The number of ether oxygens (including phenoxy) is 1. The van der Waals surface area contributed by atoms with E-state index in [1.165, 1.54) is 11.1 Å². The molecule has 0 radical (unpaired) electrons. The fourth-order valence-electron chi connectivity index (χ4n) is 2.28. The third-order valence-corrected chi connectivity index (χ3v) is 3.76. The SMILES string of the molecule is COc1ccccc1CNCC(O)c1ccc(C)c(C)c1. The second-order valence-electron chi connectivity index (χ2n) is 5.30.